The van der Waals surface area contributed by atoms with Gasteiger partial charge >= 0.3 is 0 Å². The van der Waals surface area contributed by atoms with Crippen LogP contribution in [0.2, 0.25) is 0 Å². The average molecular weight is 453 g/mol. The second kappa shape index (κ2) is 10.6. The van der Waals surface area contributed by atoms with Gasteiger partial charge in [0, 0.05) is 51.0 Å². The van der Waals surface area contributed by atoms with Gasteiger partial charge in [0.15, 0.2) is 0 Å². The first kappa shape index (κ1) is 25.0. The van der Waals surface area contributed by atoms with E-state index in [0.717, 1.165) is 18.5 Å². The summed E-state index contributed by atoms with van der Waals surface area (Å²) in [5.74, 6) is -0.745. The van der Waals surface area contributed by atoms with Gasteiger partial charge in [-0.3, -0.25) is 4.79 Å². The van der Waals surface area contributed by atoms with Crippen LogP contribution in [0.1, 0.15) is 18.4 Å². The fourth-order valence-corrected chi connectivity index (χ4v) is 4.93. The van der Waals surface area contributed by atoms with Crippen molar-refractivity contribution in [3.63, 3.8) is 0 Å². The fraction of sp³-hybridized carbons (Fsp3) is 0.611. The molecule has 160 valence electrons. The van der Waals surface area contributed by atoms with Crippen LogP contribution >= 0.6 is 24.8 Å². The van der Waals surface area contributed by atoms with Gasteiger partial charge in [-0.25, -0.2) is 8.42 Å². The number of benzene rings is 1. The Morgan fingerprint density at radius 3 is 2.25 bits per heavy atom. The lowest BCUT2D eigenvalue weighted by atomic mass is 10.1. The highest BCUT2D eigenvalue weighted by Crippen LogP contribution is 2.19. The highest BCUT2D eigenvalue weighted by Gasteiger charge is 2.31. The van der Waals surface area contributed by atoms with Crippen LogP contribution in [0.15, 0.2) is 24.3 Å². The van der Waals surface area contributed by atoms with Crippen molar-refractivity contribution in [2.75, 3.05) is 49.9 Å². The molecule has 1 aromatic rings. The molecule has 28 heavy (non-hydrogen) atoms. The Balaban J connectivity index is 0.00000196. The molecule has 2 N–H and O–H groups in total. The van der Waals surface area contributed by atoms with Gasteiger partial charge in [-0.05, 0) is 37.5 Å². The number of carbonyl (C=O) groups is 1. The maximum atomic E-state index is 12.6. The Bertz CT molecular complexity index is 747. The van der Waals surface area contributed by atoms with E-state index in [-0.39, 0.29) is 36.8 Å². The van der Waals surface area contributed by atoms with Crippen LogP contribution in [0.4, 0.5) is 5.69 Å². The van der Waals surface area contributed by atoms with Gasteiger partial charge in [0.1, 0.15) is 5.75 Å². The van der Waals surface area contributed by atoms with Gasteiger partial charge < -0.3 is 15.5 Å². The van der Waals surface area contributed by atoms with Crippen LogP contribution in [-0.2, 0) is 14.8 Å². The van der Waals surface area contributed by atoms with E-state index in [0.29, 0.717) is 39.3 Å². The normalized spacial score (nSPS) is 18.9. The zero-order valence-electron chi connectivity index (χ0n) is 16.1. The number of aryl methyl sites for hydroxylation is 1. The third-order valence-corrected chi connectivity index (χ3v) is 6.96. The predicted molar refractivity (Wildman–Crippen MR) is 117 cm³/mol. The third-order valence-electron chi connectivity index (χ3n) is 5.20. The molecule has 2 heterocycles. The molecule has 0 aromatic heterocycles. The number of rotatable bonds is 4. The van der Waals surface area contributed by atoms with E-state index >= 15 is 0 Å². The zero-order valence-corrected chi connectivity index (χ0v) is 18.6. The summed E-state index contributed by atoms with van der Waals surface area (Å²) in [5, 5.41) is 0. The summed E-state index contributed by atoms with van der Waals surface area (Å²) in [4.78, 5) is 16.2. The summed E-state index contributed by atoms with van der Waals surface area (Å²) < 4.78 is 26.7. The van der Waals surface area contributed by atoms with Gasteiger partial charge in [-0.15, -0.1) is 24.8 Å². The van der Waals surface area contributed by atoms with Crippen molar-refractivity contribution >= 4 is 46.4 Å². The van der Waals surface area contributed by atoms with Crippen LogP contribution < -0.4 is 10.6 Å². The van der Waals surface area contributed by atoms with E-state index < -0.39 is 15.8 Å². The molecular weight excluding hydrogens is 423 g/mol. The van der Waals surface area contributed by atoms with Crippen molar-refractivity contribution < 1.29 is 13.2 Å². The molecule has 0 unspecified atom stereocenters. The van der Waals surface area contributed by atoms with Gasteiger partial charge in [0.05, 0.1) is 0 Å². The Morgan fingerprint density at radius 1 is 1.07 bits per heavy atom. The van der Waals surface area contributed by atoms with E-state index in [2.05, 4.69) is 11.0 Å². The number of piperidine rings is 1. The Hall–Kier alpha value is -1.06. The predicted octanol–water partition coefficient (Wildman–Crippen LogP) is 1.24. The topological polar surface area (TPSA) is 87.0 Å². The molecule has 1 aromatic carbocycles. The lowest BCUT2D eigenvalue weighted by Gasteiger charge is -2.36. The van der Waals surface area contributed by atoms with Crippen LogP contribution in [-0.4, -0.2) is 74.6 Å². The number of nitrogens with zero attached hydrogens (tertiary/aromatic N) is 3. The molecule has 0 saturated carbocycles. The van der Waals surface area contributed by atoms with Crippen LogP contribution in [0.25, 0.3) is 0 Å². The van der Waals surface area contributed by atoms with Crippen LogP contribution in [0, 0.1) is 6.92 Å². The molecule has 3 rings (SSSR count). The standard InChI is InChI=1S/C18H28N4O3S.2ClH/c1-15-3-2-4-17(13-15)20-9-11-22(12-10-20)26(24,25)14-18(23)21-7-5-16(19)6-8-21;;/h2-4,13,16H,5-12,14,19H2,1H3;2*1H. The Kier molecular flexibility index (Phi) is 9.49. The highest BCUT2D eigenvalue weighted by molar-refractivity contribution is 7.89. The van der Waals surface area contributed by atoms with Crippen molar-refractivity contribution in [1.29, 1.82) is 0 Å². The van der Waals surface area contributed by atoms with E-state index in [1.54, 1.807) is 4.90 Å². The Morgan fingerprint density at radius 2 is 1.68 bits per heavy atom. The molecule has 7 nitrogen and oxygen atoms in total. The molecule has 0 radical (unpaired) electrons. The molecular formula is C18H30Cl2N4O3S. The molecule has 10 heteroatoms. The monoisotopic (exact) mass is 452 g/mol. The summed E-state index contributed by atoms with van der Waals surface area (Å²) in [6.45, 7) is 5.24. The second-order valence-corrected chi connectivity index (χ2v) is 9.17. The van der Waals surface area contributed by atoms with Crippen LogP contribution in [0.3, 0.4) is 0 Å². The van der Waals surface area contributed by atoms with E-state index in [1.807, 2.05) is 25.1 Å². The number of halogens is 2. The first-order chi connectivity index (χ1) is 12.3. The average Bonchev–Trinajstić information content (AvgIpc) is 2.62. The largest absolute Gasteiger partial charge is 0.369 e. The number of anilines is 1. The van der Waals surface area contributed by atoms with E-state index in [1.165, 1.54) is 9.87 Å². The summed E-state index contributed by atoms with van der Waals surface area (Å²) in [7, 11) is -3.57. The van der Waals surface area contributed by atoms with Crippen molar-refractivity contribution in [2.24, 2.45) is 5.73 Å². The van der Waals surface area contributed by atoms with E-state index in [4.69, 9.17) is 5.73 Å². The first-order valence-corrected chi connectivity index (χ1v) is 10.8. The zero-order chi connectivity index (χ0) is 18.7. The van der Waals surface area contributed by atoms with Crippen LogP contribution in [0.5, 0.6) is 0 Å². The first-order valence-electron chi connectivity index (χ1n) is 9.18. The number of nitrogens with two attached hydrogens (primary N) is 1. The molecule has 2 aliphatic rings. The molecule has 0 aliphatic carbocycles. The van der Waals surface area contributed by atoms with Gasteiger partial charge in [-0.1, -0.05) is 12.1 Å². The van der Waals surface area contributed by atoms with Crippen molar-refractivity contribution in [1.82, 2.24) is 9.21 Å². The van der Waals surface area contributed by atoms with Gasteiger partial charge in [0.25, 0.3) is 0 Å². The highest BCUT2D eigenvalue weighted by atomic mass is 35.5. The lowest BCUT2D eigenvalue weighted by molar-refractivity contribution is -0.129. The number of sulfonamides is 1. The Labute approximate surface area is 180 Å². The molecule has 0 atom stereocenters. The quantitative estimate of drug-likeness (QED) is 0.742. The SMILES string of the molecule is Cc1cccc(N2CCN(S(=O)(=O)CC(=O)N3CCC(N)CC3)CC2)c1.Cl.Cl. The van der Waals surface area contributed by atoms with E-state index in [9.17, 15) is 13.2 Å². The number of carbonyl (C=O) groups excluding carboxylic acids is 1. The lowest BCUT2D eigenvalue weighted by Crippen LogP contribution is -2.52. The maximum absolute atomic E-state index is 12.6. The molecule has 2 aliphatic heterocycles. The second-order valence-electron chi connectivity index (χ2n) is 7.20. The smallest absolute Gasteiger partial charge is 0.239 e. The minimum atomic E-state index is -3.57. The fourth-order valence-electron chi connectivity index (χ4n) is 3.54. The minimum Gasteiger partial charge on any atom is -0.369 e. The molecule has 1 amide bonds. The summed E-state index contributed by atoms with van der Waals surface area (Å²) in [6.07, 6.45) is 1.47. The molecule has 0 spiro atoms. The molecule has 0 bridgehead atoms. The molecule has 2 fully saturated rings. The summed E-state index contributed by atoms with van der Waals surface area (Å²) >= 11 is 0. The number of hydrogen-bond acceptors (Lipinski definition) is 5. The van der Waals surface area contributed by atoms with Crippen molar-refractivity contribution in [3.05, 3.63) is 29.8 Å². The van der Waals surface area contributed by atoms with Gasteiger partial charge in [0.2, 0.25) is 15.9 Å². The van der Waals surface area contributed by atoms with Crippen molar-refractivity contribution in [2.45, 2.75) is 25.8 Å². The third kappa shape index (κ3) is 6.22. The summed E-state index contributed by atoms with van der Waals surface area (Å²) in [6, 6.07) is 8.32. The number of likely N-dealkylation sites (tertiary alicyclic amines) is 1. The van der Waals surface area contributed by atoms with Crippen molar-refractivity contribution in [3.8, 4) is 0 Å². The number of amides is 1. The molecule has 2 saturated heterocycles. The summed E-state index contributed by atoms with van der Waals surface area (Å²) in [5.41, 5.74) is 8.14. The van der Waals surface area contributed by atoms with Gasteiger partial charge in [-0.2, -0.15) is 4.31 Å². The minimum absolute atomic E-state index is 0. The number of piperazine rings is 1. The maximum Gasteiger partial charge on any atom is 0.239 e. The number of hydrogen-bond donors (Lipinski definition) is 1.